The molecule has 3 aromatic rings. The Hall–Kier alpha value is -3.12. The van der Waals surface area contributed by atoms with Gasteiger partial charge in [-0.2, -0.15) is 0 Å². The summed E-state index contributed by atoms with van der Waals surface area (Å²) < 4.78 is 28.1. The lowest BCUT2D eigenvalue weighted by molar-refractivity contribution is -0.120. The molecule has 32 heavy (non-hydrogen) atoms. The summed E-state index contributed by atoms with van der Waals surface area (Å²) in [6.45, 7) is 9.45. The second-order valence-corrected chi connectivity index (χ2v) is 10.2. The predicted molar refractivity (Wildman–Crippen MR) is 129 cm³/mol. The van der Waals surface area contributed by atoms with Crippen LogP contribution in [0.5, 0.6) is 0 Å². The van der Waals surface area contributed by atoms with Gasteiger partial charge in [0.25, 0.3) is 10.0 Å². The fraction of sp³-hybridized carbons (Fsp3) is 0.269. The number of nitrogens with one attached hydrogen (secondary N) is 1. The maximum Gasteiger partial charge on any atom is 0.264 e. The Morgan fingerprint density at radius 2 is 1.38 bits per heavy atom. The number of nitrogens with zero attached hydrogens (tertiary/aromatic N) is 1. The number of hydrogen-bond acceptors (Lipinski definition) is 3. The Kier molecular flexibility index (Phi) is 7.04. The highest BCUT2D eigenvalue weighted by molar-refractivity contribution is 7.92. The lowest BCUT2D eigenvalue weighted by atomic mass is 10.0. The van der Waals surface area contributed by atoms with Crippen LogP contribution in [-0.4, -0.2) is 20.9 Å². The highest BCUT2D eigenvalue weighted by Crippen LogP contribution is 2.25. The Balaban J connectivity index is 1.89. The number of sulfonamides is 1. The molecule has 3 aromatic carbocycles. The van der Waals surface area contributed by atoms with Gasteiger partial charge in [-0.25, -0.2) is 8.42 Å². The van der Waals surface area contributed by atoms with Crippen LogP contribution in [0.25, 0.3) is 0 Å². The Bertz CT molecular complexity index is 1200. The van der Waals surface area contributed by atoms with Gasteiger partial charge in [0.2, 0.25) is 5.91 Å². The molecule has 168 valence electrons. The molecule has 0 saturated carbocycles. The number of anilines is 1. The van der Waals surface area contributed by atoms with Crippen molar-refractivity contribution in [1.29, 1.82) is 0 Å². The topological polar surface area (TPSA) is 66.5 Å². The SMILES string of the molecule is Cc1ccc(N(CC(=O)N[C@H](C)c2ccc(C)cc2C)S(=O)(=O)c2ccc(C)cc2)cc1. The number of hydrogen-bond donors (Lipinski definition) is 1. The molecule has 1 amide bonds. The Morgan fingerprint density at radius 1 is 0.844 bits per heavy atom. The fourth-order valence-corrected chi connectivity index (χ4v) is 5.09. The van der Waals surface area contributed by atoms with Crippen LogP contribution in [0.1, 0.15) is 40.8 Å². The Morgan fingerprint density at radius 3 is 1.94 bits per heavy atom. The lowest BCUT2D eigenvalue weighted by Gasteiger charge is -2.25. The van der Waals surface area contributed by atoms with E-state index in [1.807, 2.05) is 58.9 Å². The van der Waals surface area contributed by atoms with Gasteiger partial charge in [0.15, 0.2) is 0 Å². The van der Waals surface area contributed by atoms with Crippen molar-refractivity contribution in [1.82, 2.24) is 5.32 Å². The van der Waals surface area contributed by atoms with Gasteiger partial charge in [0, 0.05) is 0 Å². The van der Waals surface area contributed by atoms with Crippen molar-refractivity contribution in [2.24, 2.45) is 0 Å². The third kappa shape index (κ3) is 5.37. The summed E-state index contributed by atoms with van der Waals surface area (Å²) in [5.74, 6) is -0.367. The molecule has 0 aliphatic rings. The van der Waals surface area contributed by atoms with Crippen molar-refractivity contribution in [2.45, 2.75) is 45.6 Å². The van der Waals surface area contributed by atoms with Gasteiger partial charge in [-0.05, 0) is 70.0 Å². The molecule has 0 radical (unpaired) electrons. The molecule has 1 N–H and O–H groups in total. The second kappa shape index (κ2) is 9.57. The minimum atomic E-state index is -3.92. The highest BCUT2D eigenvalue weighted by atomic mass is 32.2. The van der Waals surface area contributed by atoms with Gasteiger partial charge in [-0.15, -0.1) is 0 Å². The summed E-state index contributed by atoms with van der Waals surface area (Å²) in [4.78, 5) is 13.1. The van der Waals surface area contributed by atoms with Crippen LogP contribution in [0.3, 0.4) is 0 Å². The van der Waals surface area contributed by atoms with Crippen LogP contribution in [0.2, 0.25) is 0 Å². The molecule has 0 fully saturated rings. The monoisotopic (exact) mass is 450 g/mol. The Labute approximate surface area is 191 Å². The van der Waals surface area contributed by atoms with E-state index in [1.54, 1.807) is 36.4 Å². The van der Waals surface area contributed by atoms with Crippen LogP contribution in [0.4, 0.5) is 5.69 Å². The summed E-state index contributed by atoms with van der Waals surface area (Å²) >= 11 is 0. The summed E-state index contributed by atoms with van der Waals surface area (Å²) in [5.41, 5.74) is 5.66. The molecule has 3 rings (SSSR count). The number of carbonyl (C=O) groups excluding carboxylic acids is 1. The van der Waals surface area contributed by atoms with Crippen molar-refractivity contribution < 1.29 is 13.2 Å². The maximum atomic E-state index is 13.5. The molecule has 0 aliphatic carbocycles. The predicted octanol–water partition coefficient (Wildman–Crippen LogP) is 4.99. The molecule has 0 heterocycles. The van der Waals surface area contributed by atoms with E-state index in [2.05, 4.69) is 11.4 Å². The zero-order valence-corrected chi connectivity index (χ0v) is 20.0. The van der Waals surface area contributed by atoms with E-state index in [9.17, 15) is 13.2 Å². The first-order valence-electron chi connectivity index (χ1n) is 10.6. The van der Waals surface area contributed by atoms with Crippen LogP contribution in [0.15, 0.2) is 71.6 Å². The summed E-state index contributed by atoms with van der Waals surface area (Å²) in [6, 6.07) is 19.6. The number of amides is 1. The molecule has 0 aromatic heterocycles. The molecule has 6 heteroatoms. The largest absolute Gasteiger partial charge is 0.348 e. The average Bonchev–Trinajstić information content (AvgIpc) is 2.73. The molecular weight excluding hydrogens is 420 g/mol. The van der Waals surface area contributed by atoms with Crippen molar-refractivity contribution in [3.8, 4) is 0 Å². The number of carbonyl (C=O) groups is 1. The number of benzene rings is 3. The summed E-state index contributed by atoms with van der Waals surface area (Å²) in [6.07, 6.45) is 0. The smallest absolute Gasteiger partial charge is 0.264 e. The molecular formula is C26H30N2O3S. The van der Waals surface area contributed by atoms with Gasteiger partial charge in [0.1, 0.15) is 6.54 Å². The van der Waals surface area contributed by atoms with Gasteiger partial charge >= 0.3 is 0 Å². The first-order valence-corrected chi connectivity index (χ1v) is 12.0. The zero-order valence-electron chi connectivity index (χ0n) is 19.2. The van der Waals surface area contributed by atoms with Crippen LogP contribution < -0.4 is 9.62 Å². The van der Waals surface area contributed by atoms with Crippen LogP contribution in [-0.2, 0) is 14.8 Å². The second-order valence-electron chi connectivity index (χ2n) is 8.31. The normalized spacial score (nSPS) is 12.3. The quantitative estimate of drug-likeness (QED) is 0.551. The summed E-state index contributed by atoms with van der Waals surface area (Å²) in [5, 5.41) is 2.96. The summed E-state index contributed by atoms with van der Waals surface area (Å²) in [7, 11) is -3.92. The lowest BCUT2D eigenvalue weighted by Crippen LogP contribution is -2.41. The third-order valence-electron chi connectivity index (χ3n) is 5.49. The minimum absolute atomic E-state index is 0.152. The molecule has 0 unspecified atom stereocenters. The zero-order chi connectivity index (χ0) is 23.5. The van der Waals surface area contributed by atoms with Crippen molar-refractivity contribution >= 4 is 21.6 Å². The van der Waals surface area contributed by atoms with Crippen LogP contribution >= 0.6 is 0 Å². The van der Waals surface area contributed by atoms with E-state index in [1.165, 1.54) is 4.31 Å². The minimum Gasteiger partial charge on any atom is -0.348 e. The number of aryl methyl sites for hydroxylation is 4. The van der Waals surface area contributed by atoms with Crippen LogP contribution in [0, 0.1) is 27.7 Å². The van der Waals surface area contributed by atoms with Gasteiger partial charge in [0.05, 0.1) is 16.6 Å². The van der Waals surface area contributed by atoms with Crippen molar-refractivity contribution in [2.75, 3.05) is 10.8 Å². The van der Waals surface area contributed by atoms with Crippen molar-refractivity contribution in [3.63, 3.8) is 0 Å². The number of rotatable bonds is 7. The van der Waals surface area contributed by atoms with Gasteiger partial charge in [-0.1, -0.05) is 59.2 Å². The van der Waals surface area contributed by atoms with Gasteiger partial charge in [-0.3, -0.25) is 9.10 Å². The van der Waals surface area contributed by atoms with E-state index in [-0.39, 0.29) is 23.4 Å². The van der Waals surface area contributed by atoms with E-state index >= 15 is 0 Å². The van der Waals surface area contributed by atoms with Crippen molar-refractivity contribution in [3.05, 3.63) is 94.5 Å². The molecule has 0 saturated heterocycles. The molecule has 1 atom stereocenters. The van der Waals surface area contributed by atoms with Gasteiger partial charge < -0.3 is 5.32 Å². The van der Waals surface area contributed by atoms with E-state index in [0.29, 0.717) is 5.69 Å². The first kappa shape index (κ1) is 23.5. The molecule has 5 nitrogen and oxygen atoms in total. The third-order valence-corrected chi connectivity index (χ3v) is 7.28. The average molecular weight is 451 g/mol. The first-order chi connectivity index (χ1) is 15.1. The maximum absolute atomic E-state index is 13.5. The molecule has 0 aliphatic heterocycles. The fourth-order valence-electron chi connectivity index (χ4n) is 3.67. The van der Waals surface area contributed by atoms with E-state index in [0.717, 1.165) is 27.8 Å². The highest BCUT2D eigenvalue weighted by Gasteiger charge is 2.27. The molecule has 0 bridgehead atoms. The van der Waals surface area contributed by atoms with E-state index in [4.69, 9.17) is 0 Å². The molecule has 0 spiro atoms. The van der Waals surface area contributed by atoms with E-state index < -0.39 is 10.0 Å². The standard InChI is InChI=1S/C26H30N2O3S/c1-18-6-11-23(12-7-18)28(32(30,31)24-13-8-19(2)9-14-24)17-26(29)27-22(5)25-15-10-20(3)16-21(25)4/h6-16,22H,17H2,1-5H3,(H,27,29)/t22-/m1/s1.